The topological polar surface area (TPSA) is 84.3 Å². The molecule has 1 aromatic rings. The zero-order valence-corrected chi connectivity index (χ0v) is 6.20. The van der Waals surface area contributed by atoms with E-state index in [1.807, 2.05) is 30.3 Å². The molecule has 0 spiro atoms. The molecular formula is C7H13N3O. The minimum atomic E-state index is 0.515. The molecule has 0 aliphatic heterocycles. The first-order valence-corrected chi connectivity index (χ1v) is 3.17. The van der Waals surface area contributed by atoms with Gasteiger partial charge in [-0.1, -0.05) is 30.3 Å². The molecule has 0 fully saturated rings. The van der Waals surface area contributed by atoms with Gasteiger partial charge < -0.3 is 5.21 Å². The molecule has 0 atom stereocenters. The highest BCUT2D eigenvalue weighted by molar-refractivity contribution is 5.13. The summed E-state index contributed by atoms with van der Waals surface area (Å²) in [5.74, 6) is 8.00. The van der Waals surface area contributed by atoms with Crippen LogP contribution in [0.4, 0.5) is 0 Å². The number of nitrogens with two attached hydrogens (primary N) is 2. The predicted molar refractivity (Wildman–Crippen MR) is 43.4 cm³/mol. The summed E-state index contributed by atoms with van der Waals surface area (Å²) in [5, 5.41) is 8.27. The Morgan fingerprint density at radius 3 is 2.18 bits per heavy atom. The monoisotopic (exact) mass is 155 g/mol. The third kappa shape index (κ3) is 4.46. The highest BCUT2D eigenvalue weighted by atomic mass is 16.5. The van der Waals surface area contributed by atoms with Crippen LogP contribution in [0.2, 0.25) is 0 Å². The van der Waals surface area contributed by atoms with E-state index in [2.05, 4.69) is 17.2 Å². The van der Waals surface area contributed by atoms with E-state index in [9.17, 15) is 0 Å². The first-order chi connectivity index (χ1) is 5.43. The van der Waals surface area contributed by atoms with Crippen LogP contribution in [-0.2, 0) is 6.54 Å². The van der Waals surface area contributed by atoms with Gasteiger partial charge in [0, 0.05) is 6.54 Å². The quantitative estimate of drug-likeness (QED) is 0.357. The Balaban J connectivity index is 0.000000461. The molecule has 0 amide bonds. The van der Waals surface area contributed by atoms with E-state index in [0.29, 0.717) is 6.54 Å². The van der Waals surface area contributed by atoms with Crippen LogP contribution in [0.25, 0.3) is 0 Å². The van der Waals surface area contributed by atoms with Crippen LogP contribution in [0.1, 0.15) is 5.56 Å². The first-order valence-electron chi connectivity index (χ1n) is 3.17. The lowest BCUT2D eigenvalue weighted by molar-refractivity contribution is 0.161. The molecule has 4 nitrogen and oxygen atoms in total. The van der Waals surface area contributed by atoms with Crippen LogP contribution in [0.3, 0.4) is 0 Å². The third-order valence-electron chi connectivity index (χ3n) is 1.13. The maximum absolute atomic E-state index is 8.27. The Kier molecular flexibility index (Phi) is 6.56. The molecule has 6 N–H and O–H groups in total. The zero-order chi connectivity index (χ0) is 8.53. The van der Waals surface area contributed by atoms with Crippen molar-refractivity contribution >= 4 is 0 Å². The average molecular weight is 155 g/mol. The summed E-state index contributed by atoms with van der Waals surface area (Å²) < 4.78 is 0. The van der Waals surface area contributed by atoms with Crippen LogP contribution >= 0.6 is 0 Å². The summed E-state index contributed by atoms with van der Waals surface area (Å²) in [4.78, 5) is 0. The molecule has 0 saturated heterocycles. The minimum absolute atomic E-state index is 0.515. The van der Waals surface area contributed by atoms with Gasteiger partial charge in [-0.3, -0.25) is 11.7 Å². The zero-order valence-electron chi connectivity index (χ0n) is 6.20. The van der Waals surface area contributed by atoms with Gasteiger partial charge >= 0.3 is 0 Å². The third-order valence-corrected chi connectivity index (χ3v) is 1.13. The summed E-state index contributed by atoms with van der Waals surface area (Å²) in [7, 11) is 0. The largest absolute Gasteiger partial charge is 0.316 e. The van der Waals surface area contributed by atoms with Crippen molar-refractivity contribution in [3.8, 4) is 0 Å². The molecule has 0 unspecified atom stereocenters. The van der Waals surface area contributed by atoms with E-state index in [4.69, 9.17) is 5.21 Å². The van der Waals surface area contributed by atoms with Gasteiger partial charge in [-0.2, -0.15) is 0 Å². The van der Waals surface area contributed by atoms with Crippen molar-refractivity contribution in [3.05, 3.63) is 35.9 Å². The Hall–Kier alpha value is -0.940. The molecule has 0 saturated carbocycles. The number of nitrogens with one attached hydrogen (secondary N) is 1. The average Bonchev–Trinajstić information content (AvgIpc) is 2.11. The second-order valence-electron chi connectivity index (χ2n) is 1.82. The highest BCUT2D eigenvalue weighted by Gasteiger charge is 1.84. The fraction of sp³-hybridized carbons (Fsp3) is 0.143. The maximum Gasteiger partial charge on any atom is 0.0458 e. The fourth-order valence-electron chi connectivity index (χ4n) is 0.687. The minimum Gasteiger partial charge on any atom is -0.316 e. The molecule has 4 heteroatoms. The molecule has 0 aliphatic rings. The van der Waals surface area contributed by atoms with Gasteiger partial charge in [-0.25, -0.2) is 5.48 Å². The van der Waals surface area contributed by atoms with Gasteiger partial charge in [0.05, 0.1) is 0 Å². The van der Waals surface area contributed by atoms with E-state index in [-0.39, 0.29) is 0 Å². The highest BCUT2D eigenvalue weighted by Crippen LogP contribution is 1.95. The Morgan fingerprint density at radius 2 is 1.73 bits per heavy atom. The summed E-state index contributed by atoms with van der Waals surface area (Å²) >= 11 is 0. The molecule has 0 radical (unpaired) electrons. The first kappa shape index (κ1) is 10.1. The van der Waals surface area contributed by atoms with Gasteiger partial charge in [-0.05, 0) is 5.56 Å². The van der Waals surface area contributed by atoms with Gasteiger partial charge in [0.15, 0.2) is 0 Å². The van der Waals surface area contributed by atoms with Crippen LogP contribution in [0.5, 0.6) is 0 Å². The van der Waals surface area contributed by atoms with Crippen molar-refractivity contribution in [3.63, 3.8) is 0 Å². The van der Waals surface area contributed by atoms with Crippen molar-refractivity contribution in [2.24, 2.45) is 11.7 Å². The van der Waals surface area contributed by atoms with Crippen LogP contribution in [-0.4, -0.2) is 5.21 Å². The van der Waals surface area contributed by atoms with E-state index in [1.54, 1.807) is 0 Å². The van der Waals surface area contributed by atoms with Crippen LogP contribution in [0.15, 0.2) is 30.3 Å². The van der Waals surface area contributed by atoms with E-state index >= 15 is 0 Å². The fourth-order valence-corrected chi connectivity index (χ4v) is 0.687. The molecule has 0 aliphatic carbocycles. The molecule has 1 rings (SSSR count). The van der Waals surface area contributed by atoms with E-state index < -0.39 is 0 Å². The molecule has 0 aromatic heterocycles. The van der Waals surface area contributed by atoms with Crippen molar-refractivity contribution in [2.75, 3.05) is 0 Å². The number of hydroxylamine groups is 1. The molecule has 0 heterocycles. The smallest absolute Gasteiger partial charge is 0.0458 e. The van der Waals surface area contributed by atoms with Crippen LogP contribution < -0.4 is 17.2 Å². The van der Waals surface area contributed by atoms with E-state index in [0.717, 1.165) is 5.56 Å². The Labute approximate surface area is 65.8 Å². The number of hydrogen-bond donors (Lipinski definition) is 4. The SMILES string of the molecule is NN.ONCc1ccccc1. The Morgan fingerprint density at radius 1 is 1.18 bits per heavy atom. The normalized spacial score (nSPS) is 8.27. The van der Waals surface area contributed by atoms with Crippen molar-refractivity contribution in [1.29, 1.82) is 0 Å². The molecule has 11 heavy (non-hydrogen) atoms. The molecule has 62 valence electrons. The number of rotatable bonds is 2. The summed E-state index contributed by atoms with van der Waals surface area (Å²) in [6, 6.07) is 9.71. The molecular weight excluding hydrogens is 142 g/mol. The van der Waals surface area contributed by atoms with Gasteiger partial charge in [-0.15, -0.1) is 0 Å². The lowest BCUT2D eigenvalue weighted by Gasteiger charge is -1.94. The number of hydrogen-bond acceptors (Lipinski definition) is 4. The predicted octanol–water partition coefficient (Wildman–Crippen LogP) is -0.0158. The van der Waals surface area contributed by atoms with Crippen molar-refractivity contribution < 1.29 is 5.21 Å². The van der Waals surface area contributed by atoms with E-state index in [1.165, 1.54) is 0 Å². The standard InChI is InChI=1S/C7H9NO.H4N2/c9-8-6-7-4-2-1-3-5-7;1-2/h1-5,8-9H,6H2;1-2H2. The van der Waals surface area contributed by atoms with Gasteiger partial charge in [0.25, 0.3) is 0 Å². The second-order valence-corrected chi connectivity index (χ2v) is 1.82. The summed E-state index contributed by atoms with van der Waals surface area (Å²) in [6.45, 7) is 0.515. The van der Waals surface area contributed by atoms with Crippen molar-refractivity contribution in [2.45, 2.75) is 6.54 Å². The Bertz CT molecular complexity index is 167. The van der Waals surface area contributed by atoms with Crippen LogP contribution in [0, 0.1) is 0 Å². The van der Waals surface area contributed by atoms with Gasteiger partial charge in [0.2, 0.25) is 0 Å². The number of benzene rings is 1. The van der Waals surface area contributed by atoms with Gasteiger partial charge in [0.1, 0.15) is 0 Å². The lowest BCUT2D eigenvalue weighted by Crippen LogP contribution is -2.05. The second kappa shape index (κ2) is 7.17. The summed E-state index contributed by atoms with van der Waals surface area (Å²) in [5.41, 5.74) is 3.17. The van der Waals surface area contributed by atoms with Crippen molar-refractivity contribution in [1.82, 2.24) is 5.48 Å². The lowest BCUT2D eigenvalue weighted by atomic mass is 10.2. The number of hydrazine groups is 1. The maximum atomic E-state index is 8.27. The molecule has 1 aromatic carbocycles. The summed E-state index contributed by atoms with van der Waals surface area (Å²) in [6.07, 6.45) is 0. The molecule has 0 bridgehead atoms.